The summed E-state index contributed by atoms with van der Waals surface area (Å²) in [4.78, 5) is 14.5. The number of aromatic nitrogens is 2. The van der Waals surface area contributed by atoms with Crippen molar-refractivity contribution in [2.24, 2.45) is 0 Å². The van der Waals surface area contributed by atoms with E-state index < -0.39 is 5.69 Å². The van der Waals surface area contributed by atoms with Crippen molar-refractivity contribution >= 4 is 5.82 Å². The van der Waals surface area contributed by atoms with Crippen molar-refractivity contribution in [3.05, 3.63) is 22.7 Å². The summed E-state index contributed by atoms with van der Waals surface area (Å²) in [6.07, 6.45) is 1.50. The first-order valence-corrected chi connectivity index (χ1v) is 3.61. The van der Waals surface area contributed by atoms with E-state index in [4.69, 9.17) is 0 Å². The molecule has 0 amide bonds. The molecule has 1 heterocycles. The standard InChI is InChI=1S/C7H10FN3O/c1-5(2)11-4-3-6(10-8)9-7(11)12/h3-5H,1-2H3,(H,9,10,12). The predicted octanol–water partition coefficient (Wildman–Crippen LogP) is 1.12. The Balaban J connectivity index is 3.12. The Morgan fingerprint density at radius 1 is 1.67 bits per heavy atom. The Morgan fingerprint density at radius 2 is 2.33 bits per heavy atom. The van der Waals surface area contributed by atoms with Crippen LogP contribution in [0.15, 0.2) is 17.1 Å². The van der Waals surface area contributed by atoms with Crippen LogP contribution in [0.4, 0.5) is 10.3 Å². The molecule has 0 saturated carbocycles. The summed E-state index contributed by atoms with van der Waals surface area (Å²) < 4.78 is 13.2. The number of hydrogen-bond donors (Lipinski definition) is 1. The molecule has 0 atom stereocenters. The van der Waals surface area contributed by atoms with Crippen LogP contribution < -0.4 is 11.2 Å². The van der Waals surface area contributed by atoms with Crippen LogP contribution in [0.25, 0.3) is 0 Å². The second-order valence-corrected chi connectivity index (χ2v) is 2.69. The topological polar surface area (TPSA) is 46.9 Å². The highest BCUT2D eigenvalue weighted by atomic mass is 19.2. The smallest absolute Gasteiger partial charge is 0.297 e. The van der Waals surface area contributed by atoms with Crippen LogP contribution >= 0.6 is 0 Å². The van der Waals surface area contributed by atoms with Gasteiger partial charge in [0, 0.05) is 12.2 Å². The Morgan fingerprint density at radius 3 is 2.75 bits per heavy atom. The van der Waals surface area contributed by atoms with Gasteiger partial charge in [-0.05, 0) is 19.9 Å². The lowest BCUT2D eigenvalue weighted by atomic mass is 10.4. The summed E-state index contributed by atoms with van der Waals surface area (Å²) in [7, 11) is 0. The van der Waals surface area contributed by atoms with Crippen LogP contribution in [0.2, 0.25) is 0 Å². The van der Waals surface area contributed by atoms with E-state index in [0.29, 0.717) is 0 Å². The minimum atomic E-state index is -0.451. The van der Waals surface area contributed by atoms with Gasteiger partial charge in [0.1, 0.15) is 0 Å². The zero-order valence-electron chi connectivity index (χ0n) is 6.91. The zero-order chi connectivity index (χ0) is 9.14. The lowest BCUT2D eigenvalue weighted by molar-refractivity contribution is 0.556. The molecule has 0 radical (unpaired) electrons. The molecule has 5 heteroatoms. The molecular weight excluding hydrogens is 161 g/mol. The first kappa shape index (κ1) is 8.70. The van der Waals surface area contributed by atoms with Crippen LogP contribution in [0, 0.1) is 0 Å². The highest BCUT2D eigenvalue weighted by Crippen LogP contribution is 2.01. The van der Waals surface area contributed by atoms with Crippen LogP contribution in [0.3, 0.4) is 0 Å². The molecule has 0 bridgehead atoms. The van der Waals surface area contributed by atoms with Crippen molar-refractivity contribution in [3.8, 4) is 0 Å². The van der Waals surface area contributed by atoms with Crippen molar-refractivity contribution in [3.63, 3.8) is 0 Å². The molecule has 1 N–H and O–H groups in total. The van der Waals surface area contributed by atoms with Gasteiger partial charge in [0.05, 0.1) is 0 Å². The molecule has 0 spiro atoms. The molecule has 0 aliphatic rings. The van der Waals surface area contributed by atoms with E-state index in [-0.39, 0.29) is 11.9 Å². The molecule has 0 aliphatic carbocycles. The fourth-order valence-electron chi connectivity index (χ4n) is 0.858. The molecule has 66 valence electrons. The number of nitrogens with zero attached hydrogens (tertiary/aromatic N) is 2. The van der Waals surface area contributed by atoms with Crippen molar-refractivity contribution in [2.75, 3.05) is 5.54 Å². The predicted molar refractivity (Wildman–Crippen MR) is 43.6 cm³/mol. The molecule has 0 aliphatic heterocycles. The van der Waals surface area contributed by atoms with Crippen LogP contribution in [-0.2, 0) is 0 Å². The second-order valence-electron chi connectivity index (χ2n) is 2.69. The molecule has 0 unspecified atom stereocenters. The summed E-state index contributed by atoms with van der Waals surface area (Å²) in [5.41, 5.74) is 0.858. The van der Waals surface area contributed by atoms with E-state index in [2.05, 4.69) is 4.98 Å². The average Bonchev–Trinajstić information content (AvgIpc) is 2.03. The van der Waals surface area contributed by atoms with Gasteiger partial charge in [0.25, 0.3) is 0 Å². The van der Waals surface area contributed by atoms with Gasteiger partial charge in [0.15, 0.2) is 5.82 Å². The molecule has 0 aromatic carbocycles. The number of halogens is 1. The van der Waals surface area contributed by atoms with Gasteiger partial charge in [-0.1, -0.05) is 0 Å². The van der Waals surface area contributed by atoms with Gasteiger partial charge in [-0.2, -0.15) is 4.98 Å². The van der Waals surface area contributed by atoms with Crippen molar-refractivity contribution in [1.29, 1.82) is 0 Å². The normalized spacial score (nSPS) is 10.3. The van der Waals surface area contributed by atoms with Crippen LogP contribution in [0.5, 0.6) is 0 Å². The van der Waals surface area contributed by atoms with E-state index in [1.807, 2.05) is 13.8 Å². The Bertz CT molecular complexity index is 321. The fraction of sp³-hybridized carbons (Fsp3) is 0.429. The summed E-state index contributed by atoms with van der Waals surface area (Å²) >= 11 is 0. The van der Waals surface area contributed by atoms with Gasteiger partial charge in [-0.3, -0.25) is 4.57 Å². The summed E-state index contributed by atoms with van der Waals surface area (Å²) in [6.45, 7) is 3.71. The van der Waals surface area contributed by atoms with Crippen molar-refractivity contribution in [1.82, 2.24) is 9.55 Å². The van der Waals surface area contributed by atoms with Gasteiger partial charge in [-0.15, -0.1) is 4.48 Å². The highest BCUT2D eigenvalue weighted by molar-refractivity contribution is 5.28. The maximum absolute atomic E-state index is 11.8. The first-order chi connectivity index (χ1) is 5.65. The molecule has 0 saturated heterocycles. The number of rotatable bonds is 2. The fourth-order valence-corrected chi connectivity index (χ4v) is 0.858. The Labute approximate surface area is 69.0 Å². The minimum Gasteiger partial charge on any atom is -0.297 e. The van der Waals surface area contributed by atoms with E-state index in [9.17, 15) is 9.28 Å². The zero-order valence-corrected chi connectivity index (χ0v) is 6.91. The van der Waals surface area contributed by atoms with Crippen molar-refractivity contribution < 1.29 is 4.48 Å². The summed E-state index contributed by atoms with van der Waals surface area (Å²) in [6, 6.07) is 1.44. The van der Waals surface area contributed by atoms with E-state index in [1.165, 1.54) is 22.4 Å². The summed E-state index contributed by atoms with van der Waals surface area (Å²) in [5, 5.41) is 0. The van der Waals surface area contributed by atoms with Crippen LogP contribution in [0.1, 0.15) is 19.9 Å². The summed E-state index contributed by atoms with van der Waals surface area (Å²) in [5.74, 6) is -0.0584. The Kier molecular flexibility index (Phi) is 2.42. The van der Waals surface area contributed by atoms with Gasteiger partial charge in [-0.25, -0.2) is 10.3 Å². The van der Waals surface area contributed by atoms with Gasteiger partial charge in [0.2, 0.25) is 0 Å². The molecular formula is C7H10FN3O. The lowest BCUT2D eigenvalue weighted by Crippen LogP contribution is -2.24. The molecule has 0 fully saturated rings. The molecule has 1 rings (SSSR count). The number of anilines is 1. The molecule has 1 aromatic heterocycles. The van der Waals surface area contributed by atoms with Crippen molar-refractivity contribution in [2.45, 2.75) is 19.9 Å². The largest absolute Gasteiger partial charge is 0.349 e. The van der Waals surface area contributed by atoms with Gasteiger partial charge < -0.3 is 0 Å². The molecule has 12 heavy (non-hydrogen) atoms. The second kappa shape index (κ2) is 3.34. The third-order valence-electron chi connectivity index (χ3n) is 1.48. The third-order valence-corrected chi connectivity index (χ3v) is 1.48. The highest BCUT2D eigenvalue weighted by Gasteiger charge is 2.01. The average molecular weight is 171 g/mol. The monoisotopic (exact) mass is 171 g/mol. The maximum atomic E-state index is 11.8. The SMILES string of the molecule is CC(C)n1ccc(NF)nc1=O. The minimum absolute atomic E-state index is 0.0404. The molecule has 4 nitrogen and oxygen atoms in total. The first-order valence-electron chi connectivity index (χ1n) is 3.61. The maximum Gasteiger partial charge on any atom is 0.349 e. The number of hydrogen-bond acceptors (Lipinski definition) is 3. The van der Waals surface area contributed by atoms with E-state index in [1.54, 1.807) is 0 Å². The van der Waals surface area contributed by atoms with Crippen LogP contribution in [-0.4, -0.2) is 9.55 Å². The lowest BCUT2D eigenvalue weighted by Gasteiger charge is -2.07. The number of nitrogens with one attached hydrogen (secondary N) is 1. The third kappa shape index (κ3) is 1.61. The van der Waals surface area contributed by atoms with E-state index >= 15 is 0 Å². The van der Waals surface area contributed by atoms with E-state index in [0.717, 1.165) is 0 Å². The quantitative estimate of drug-likeness (QED) is 0.678. The molecule has 1 aromatic rings. The Hall–Kier alpha value is -1.39. The van der Waals surface area contributed by atoms with Gasteiger partial charge >= 0.3 is 5.69 Å².